The molecule has 1 aliphatic rings. The molecule has 0 radical (unpaired) electrons. The van der Waals surface area contributed by atoms with E-state index in [1.165, 1.54) is 0 Å². The average Bonchev–Trinajstić information content (AvgIpc) is 2.29. The second kappa shape index (κ2) is 4.70. The molecular formula is C12H12F3N. The second-order valence-electron chi connectivity index (χ2n) is 3.79. The van der Waals surface area contributed by atoms with Crippen molar-refractivity contribution in [3.63, 3.8) is 0 Å². The fraction of sp³-hybridized carbons (Fsp3) is 0.333. The van der Waals surface area contributed by atoms with E-state index >= 15 is 0 Å². The minimum Gasteiger partial charge on any atom is -0.316 e. The number of rotatable bonds is 1. The van der Waals surface area contributed by atoms with Crippen LogP contribution in [0.2, 0.25) is 0 Å². The summed E-state index contributed by atoms with van der Waals surface area (Å²) in [7, 11) is 0. The fourth-order valence-corrected chi connectivity index (χ4v) is 1.81. The van der Waals surface area contributed by atoms with Crippen LogP contribution in [0.5, 0.6) is 0 Å². The van der Waals surface area contributed by atoms with Gasteiger partial charge in [-0.25, -0.2) is 13.2 Å². The number of piperidine rings is 1. The van der Waals surface area contributed by atoms with Crippen LogP contribution in [-0.4, -0.2) is 13.1 Å². The number of hydrogen-bond donors (Lipinski definition) is 1. The molecule has 1 heterocycles. The smallest absolute Gasteiger partial charge is 0.136 e. The van der Waals surface area contributed by atoms with E-state index in [-0.39, 0.29) is 5.56 Å². The number of benzene rings is 1. The highest BCUT2D eigenvalue weighted by Crippen LogP contribution is 2.27. The monoisotopic (exact) mass is 227 g/mol. The standard InChI is InChI=1S/C12H12F3N/c13-9-1-2-10(11(14)7-9)12(15)8-3-5-16-6-4-8/h1-2,7,16H,3-6H2. The summed E-state index contributed by atoms with van der Waals surface area (Å²) in [5.41, 5.74) is 0.461. The summed E-state index contributed by atoms with van der Waals surface area (Å²) < 4.78 is 39.9. The molecule has 1 N–H and O–H groups in total. The lowest BCUT2D eigenvalue weighted by Crippen LogP contribution is -2.23. The summed E-state index contributed by atoms with van der Waals surface area (Å²) >= 11 is 0. The highest BCUT2D eigenvalue weighted by atomic mass is 19.1. The van der Waals surface area contributed by atoms with Gasteiger partial charge in [0.15, 0.2) is 0 Å². The maximum absolute atomic E-state index is 13.9. The largest absolute Gasteiger partial charge is 0.316 e. The number of hydrogen-bond acceptors (Lipinski definition) is 1. The lowest BCUT2D eigenvalue weighted by atomic mass is 10.0. The zero-order valence-electron chi connectivity index (χ0n) is 8.69. The topological polar surface area (TPSA) is 12.0 Å². The first kappa shape index (κ1) is 11.2. The summed E-state index contributed by atoms with van der Waals surface area (Å²) in [4.78, 5) is 0. The molecular weight excluding hydrogens is 215 g/mol. The molecule has 1 saturated heterocycles. The van der Waals surface area contributed by atoms with Crippen LogP contribution in [0.3, 0.4) is 0 Å². The van der Waals surface area contributed by atoms with Crippen molar-refractivity contribution in [1.82, 2.24) is 5.32 Å². The van der Waals surface area contributed by atoms with Crippen LogP contribution in [0.15, 0.2) is 23.8 Å². The third kappa shape index (κ3) is 2.27. The Morgan fingerprint density at radius 2 is 1.81 bits per heavy atom. The van der Waals surface area contributed by atoms with Crippen LogP contribution in [-0.2, 0) is 0 Å². The SMILES string of the molecule is FC(=C1CCNCC1)c1ccc(F)cc1F. The van der Waals surface area contributed by atoms with E-state index in [0.717, 1.165) is 12.1 Å². The summed E-state index contributed by atoms with van der Waals surface area (Å²) in [5, 5.41) is 3.09. The van der Waals surface area contributed by atoms with E-state index in [0.29, 0.717) is 37.6 Å². The van der Waals surface area contributed by atoms with Gasteiger partial charge in [0.2, 0.25) is 0 Å². The molecule has 86 valence electrons. The van der Waals surface area contributed by atoms with E-state index in [1.54, 1.807) is 0 Å². The Morgan fingerprint density at radius 1 is 1.12 bits per heavy atom. The van der Waals surface area contributed by atoms with Gasteiger partial charge in [-0.1, -0.05) is 0 Å². The lowest BCUT2D eigenvalue weighted by Gasteiger charge is -2.16. The summed E-state index contributed by atoms with van der Waals surface area (Å²) in [6, 6.07) is 2.92. The van der Waals surface area contributed by atoms with Gasteiger partial charge in [0.25, 0.3) is 0 Å². The van der Waals surface area contributed by atoms with Crippen molar-refractivity contribution in [3.05, 3.63) is 41.0 Å². The summed E-state index contributed by atoms with van der Waals surface area (Å²) in [5.74, 6) is -2.08. The third-order valence-corrected chi connectivity index (χ3v) is 2.69. The van der Waals surface area contributed by atoms with Crippen molar-refractivity contribution in [2.45, 2.75) is 12.8 Å². The second-order valence-corrected chi connectivity index (χ2v) is 3.79. The maximum atomic E-state index is 13.9. The van der Waals surface area contributed by atoms with Gasteiger partial charge in [0.05, 0.1) is 0 Å². The molecule has 1 aromatic carbocycles. The highest BCUT2D eigenvalue weighted by molar-refractivity contribution is 5.63. The van der Waals surface area contributed by atoms with Crippen molar-refractivity contribution in [1.29, 1.82) is 0 Å². The van der Waals surface area contributed by atoms with E-state index < -0.39 is 17.5 Å². The Morgan fingerprint density at radius 3 is 2.44 bits per heavy atom. The van der Waals surface area contributed by atoms with Gasteiger partial charge in [-0.15, -0.1) is 0 Å². The Hall–Kier alpha value is -1.29. The normalized spacial score (nSPS) is 16.3. The van der Waals surface area contributed by atoms with Gasteiger partial charge in [-0.05, 0) is 43.6 Å². The lowest BCUT2D eigenvalue weighted by molar-refractivity contribution is 0.569. The molecule has 2 rings (SSSR count). The minimum atomic E-state index is -0.844. The van der Waals surface area contributed by atoms with Crippen LogP contribution in [0.4, 0.5) is 13.2 Å². The Bertz CT molecular complexity index is 418. The Kier molecular flexibility index (Phi) is 3.29. The Labute approximate surface area is 92.0 Å². The van der Waals surface area contributed by atoms with E-state index in [4.69, 9.17) is 0 Å². The summed E-state index contributed by atoms with van der Waals surface area (Å²) in [6.45, 7) is 1.40. The molecule has 1 fully saturated rings. The first-order chi connectivity index (χ1) is 7.68. The Balaban J connectivity index is 2.35. The highest BCUT2D eigenvalue weighted by Gasteiger charge is 2.15. The zero-order valence-corrected chi connectivity index (χ0v) is 8.69. The number of nitrogens with one attached hydrogen (secondary N) is 1. The first-order valence-corrected chi connectivity index (χ1v) is 5.22. The van der Waals surface area contributed by atoms with Crippen LogP contribution < -0.4 is 5.32 Å². The van der Waals surface area contributed by atoms with Crippen LogP contribution in [0.1, 0.15) is 18.4 Å². The van der Waals surface area contributed by atoms with E-state index in [9.17, 15) is 13.2 Å². The molecule has 16 heavy (non-hydrogen) atoms. The van der Waals surface area contributed by atoms with E-state index in [1.807, 2.05) is 0 Å². The van der Waals surface area contributed by atoms with Crippen molar-refractivity contribution in [3.8, 4) is 0 Å². The number of halogens is 3. The zero-order chi connectivity index (χ0) is 11.5. The van der Waals surface area contributed by atoms with Crippen molar-refractivity contribution in [2.24, 2.45) is 0 Å². The molecule has 0 spiro atoms. The van der Waals surface area contributed by atoms with Crippen LogP contribution >= 0.6 is 0 Å². The van der Waals surface area contributed by atoms with Gasteiger partial charge in [-0.3, -0.25) is 0 Å². The maximum Gasteiger partial charge on any atom is 0.136 e. The quantitative estimate of drug-likeness (QED) is 0.777. The molecule has 0 atom stereocenters. The van der Waals surface area contributed by atoms with Crippen LogP contribution in [0, 0.1) is 11.6 Å². The third-order valence-electron chi connectivity index (χ3n) is 2.69. The van der Waals surface area contributed by atoms with Crippen molar-refractivity contribution < 1.29 is 13.2 Å². The van der Waals surface area contributed by atoms with Crippen LogP contribution in [0.25, 0.3) is 5.83 Å². The fourth-order valence-electron chi connectivity index (χ4n) is 1.81. The van der Waals surface area contributed by atoms with Gasteiger partial charge in [0.1, 0.15) is 17.5 Å². The molecule has 0 saturated carbocycles. The molecule has 0 amide bonds. The van der Waals surface area contributed by atoms with Gasteiger partial charge >= 0.3 is 0 Å². The molecule has 1 aromatic rings. The molecule has 0 aliphatic carbocycles. The van der Waals surface area contributed by atoms with Gasteiger partial charge in [-0.2, -0.15) is 0 Å². The minimum absolute atomic E-state index is 0.140. The molecule has 0 aromatic heterocycles. The molecule has 0 unspecified atom stereocenters. The van der Waals surface area contributed by atoms with Crippen molar-refractivity contribution in [2.75, 3.05) is 13.1 Å². The average molecular weight is 227 g/mol. The predicted octanol–water partition coefficient (Wildman–Crippen LogP) is 3.03. The molecule has 0 bridgehead atoms. The first-order valence-electron chi connectivity index (χ1n) is 5.22. The summed E-state index contributed by atoms with van der Waals surface area (Å²) in [6.07, 6.45) is 1.14. The van der Waals surface area contributed by atoms with Crippen molar-refractivity contribution >= 4 is 5.83 Å². The molecule has 1 nitrogen and oxygen atoms in total. The van der Waals surface area contributed by atoms with Gasteiger partial charge in [0, 0.05) is 11.6 Å². The van der Waals surface area contributed by atoms with E-state index in [2.05, 4.69) is 5.32 Å². The molecule has 1 aliphatic heterocycles. The molecule has 4 heteroatoms. The van der Waals surface area contributed by atoms with Gasteiger partial charge < -0.3 is 5.32 Å². The predicted molar refractivity (Wildman–Crippen MR) is 56.5 cm³/mol.